The summed E-state index contributed by atoms with van der Waals surface area (Å²) >= 11 is 6.00. The van der Waals surface area contributed by atoms with Gasteiger partial charge in [0.2, 0.25) is 0 Å². The smallest absolute Gasteiger partial charge is 0.308 e. The molecule has 0 spiro atoms. The minimum absolute atomic E-state index is 0.0236. The highest BCUT2D eigenvalue weighted by Gasteiger charge is 2.07. The van der Waals surface area contributed by atoms with Gasteiger partial charge >= 0.3 is 5.97 Å². The SMILES string of the molecule is COc1cc(/C=N/NC(=O)CNc2ccccc2Cl)ccc1OC(C)=O. The van der Waals surface area contributed by atoms with Gasteiger partial charge in [-0.25, -0.2) is 5.43 Å². The zero-order valence-electron chi connectivity index (χ0n) is 14.3. The molecule has 2 aromatic rings. The van der Waals surface area contributed by atoms with E-state index in [0.29, 0.717) is 27.8 Å². The molecule has 0 aliphatic rings. The number of halogens is 1. The Morgan fingerprint density at radius 1 is 1.19 bits per heavy atom. The number of hydrazone groups is 1. The molecule has 0 aliphatic heterocycles. The summed E-state index contributed by atoms with van der Waals surface area (Å²) in [6, 6.07) is 12.0. The van der Waals surface area contributed by atoms with Gasteiger partial charge in [0.15, 0.2) is 11.5 Å². The molecule has 7 nitrogen and oxygen atoms in total. The Kier molecular flexibility index (Phi) is 6.99. The molecule has 136 valence electrons. The fraction of sp³-hybridized carbons (Fsp3) is 0.167. The van der Waals surface area contributed by atoms with Crippen LogP contribution in [0, 0.1) is 0 Å². The van der Waals surface area contributed by atoms with Gasteiger partial charge in [-0.15, -0.1) is 0 Å². The Hall–Kier alpha value is -3.06. The van der Waals surface area contributed by atoms with Crippen molar-refractivity contribution >= 4 is 35.4 Å². The van der Waals surface area contributed by atoms with Crippen LogP contribution in [-0.2, 0) is 9.59 Å². The number of esters is 1. The average molecular weight is 376 g/mol. The lowest BCUT2D eigenvalue weighted by molar-refractivity contribution is -0.132. The van der Waals surface area contributed by atoms with Crippen LogP contribution in [0.3, 0.4) is 0 Å². The fourth-order valence-corrected chi connectivity index (χ4v) is 2.20. The average Bonchev–Trinajstić information content (AvgIpc) is 2.61. The normalized spacial score (nSPS) is 10.4. The number of hydrogen-bond acceptors (Lipinski definition) is 6. The number of nitrogens with zero attached hydrogens (tertiary/aromatic N) is 1. The van der Waals surface area contributed by atoms with E-state index in [9.17, 15) is 9.59 Å². The predicted molar refractivity (Wildman–Crippen MR) is 100.0 cm³/mol. The lowest BCUT2D eigenvalue weighted by atomic mass is 10.2. The minimum Gasteiger partial charge on any atom is -0.493 e. The first-order valence-corrected chi connectivity index (χ1v) is 8.04. The van der Waals surface area contributed by atoms with Crippen molar-refractivity contribution in [1.29, 1.82) is 0 Å². The molecule has 0 aromatic heterocycles. The van der Waals surface area contributed by atoms with Crippen molar-refractivity contribution < 1.29 is 19.1 Å². The van der Waals surface area contributed by atoms with Crippen LogP contribution in [0.2, 0.25) is 5.02 Å². The Labute approximate surface area is 155 Å². The lowest BCUT2D eigenvalue weighted by Crippen LogP contribution is -2.25. The molecule has 1 amide bonds. The van der Waals surface area contributed by atoms with Gasteiger partial charge in [0.05, 0.1) is 30.6 Å². The molecule has 0 aliphatic carbocycles. The number of hydrogen-bond donors (Lipinski definition) is 2. The maximum absolute atomic E-state index is 11.8. The number of nitrogens with one attached hydrogen (secondary N) is 2. The largest absolute Gasteiger partial charge is 0.493 e. The van der Waals surface area contributed by atoms with Gasteiger partial charge in [0.25, 0.3) is 5.91 Å². The van der Waals surface area contributed by atoms with Crippen LogP contribution in [0.15, 0.2) is 47.6 Å². The summed E-state index contributed by atoms with van der Waals surface area (Å²) in [5, 5.41) is 7.33. The van der Waals surface area contributed by atoms with E-state index in [4.69, 9.17) is 21.1 Å². The van der Waals surface area contributed by atoms with E-state index < -0.39 is 5.97 Å². The van der Waals surface area contributed by atoms with E-state index >= 15 is 0 Å². The van der Waals surface area contributed by atoms with E-state index in [1.807, 2.05) is 6.07 Å². The molecule has 26 heavy (non-hydrogen) atoms. The summed E-state index contributed by atoms with van der Waals surface area (Å²) in [5.41, 5.74) is 3.73. The van der Waals surface area contributed by atoms with Crippen molar-refractivity contribution in [2.24, 2.45) is 5.10 Å². The molecule has 0 fully saturated rings. The highest BCUT2D eigenvalue weighted by atomic mass is 35.5. The van der Waals surface area contributed by atoms with Gasteiger partial charge in [0, 0.05) is 6.92 Å². The first-order valence-electron chi connectivity index (χ1n) is 7.66. The molecular formula is C18H18ClN3O4. The summed E-state index contributed by atoms with van der Waals surface area (Å²) in [4.78, 5) is 22.8. The number of carbonyl (C=O) groups is 2. The predicted octanol–water partition coefficient (Wildman–Crippen LogP) is 2.84. The molecule has 0 heterocycles. The first kappa shape index (κ1) is 19.3. The van der Waals surface area contributed by atoms with Gasteiger partial charge in [0.1, 0.15) is 0 Å². The van der Waals surface area contributed by atoms with Crippen molar-refractivity contribution in [3.05, 3.63) is 53.1 Å². The summed E-state index contributed by atoms with van der Waals surface area (Å²) in [6.45, 7) is 1.33. The fourth-order valence-electron chi connectivity index (χ4n) is 2.00. The molecular weight excluding hydrogens is 358 g/mol. The van der Waals surface area contributed by atoms with Crippen LogP contribution in [0.1, 0.15) is 12.5 Å². The van der Waals surface area contributed by atoms with Crippen LogP contribution < -0.4 is 20.2 Å². The Morgan fingerprint density at radius 3 is 2.65 bits per heavy atom. The van der Waals surface area contributed by atoms with Crippen molar-refractivity contribution in [2.45, 2.75) is 6.92 Å². The molecule has 0 atom stereocenters. The Morgan fingerprint density at radius 2 is 1.96 bits per heavy atom. The van der Waals surface area contributed by atoms with Crippen molar-refractivity contribution in [1.82, 2.24) is 5.43 Å². The number of rotatable bonds is 7. The standard InChI is InChI=1S/C18H18ClN3O4/c1-12(23)26-16-8-7-13(9-17(16)25-2)10-21-22-18(24)11-20-15-6-4-3-5-14(15)19/h3-10,20H,11H2,1-2H3,(H,22,24)/b21-10+. The number of anilines is 1. The molecule has 2 N–H and O–H groups in total. The van der Waals surface area contributed by atoms with E-state index in [1.54, 1.807) is 36.4 Å². The number of methoxy groups -OCH3 is 1. The van der Waals surface area contributed by atoms with Gasteiger partial charge in [-0.05, 0) is 35.9 Å². The Bertz CT molecular complexity index is 824. The second-order valence-corrected chi connectivity index (χ2v) is 5.54. The maximum Gasteiger partial charge on any atom is 0.308 e. The third-order valence-electron chi connectivity index (χ3n) is 3.16. The molecule has 0 saturated carbocycles. The van der Waals surface area contributed by atoms with Gasteiger partial charge in [-0.1, -0.05) is 23.7 Å². The summed E-state index contributed by atoms with van der Waals surface area (Å²) < 4.78 is 10.2. The van der Waals surface area contributed by atoms with Crippen LogP contribution in [0.4, 0.5) is 5.69 Å². The third kappa shape index (κ3) is 5.78. The van der Waals surface area contributed by atoms with Crippen molar-refractivity contribution in [3.8, 4) is 11.5 Å². The molecule has 0 saturated heterocycles. The van der Waals surface area contributed by atoms with Gasteiger partial charge in [-0.3, -0.25) is 9.59 Å². The molecule has 2 aromatic carbocycles. The van der Waals surface area contributed by atoms with Crippen molar-refractivity contribution in [3.63, 3.8) is 0 Å². The first-order chi connectivity index (χ1) is 12.5. The number of amides is 1. The van der Waals surface area contributed by atoms with Crippen LogP contribution >= 0.6 is 11.6 Å². The van der Waals surface area contributed by atoms with Gasteiger partial charge < -0.3 is 14.8 Å². The maximum atomic E-state index is 11.8. The van der Waals surface area contributed by atoms with Gasteiger partial charge in [-0.2, -0.15) is 5.10 Å². The molecule has 2 rings (SSSR count). The highest BCUT2D eigenvalue weighted by molar-refractivity contribution is 6.33. The third-order valence-corrected chi connectivity index (χ3v) is 3.49. The van der Waals surface area contributed by atoms with Crippen LogP contribution in [0.5, 0.6) is 11.5 Å². The molecule has 0 unspecified atom stereocenters. The number of benzene rings is 2. The van der Waals surface area contributed by atoms with Crippen LogP contribution in [-0.4, -0.2) is 31.7 Å². The van der Waals surface area contributed by atoms with Crippen molar-refractivity contribution in [2.75, 3.05) is 19.0 Å². The zero-order valence-corrected chi connectivity index (χ0v) is 15.0. The lowest BCUT2D eigenvalue weighted by Gasteiger charge is -2.08. The molecule has 0 radical (unpaired) electrons. The second kappa shape index (κ2) is 9.43. The van der Waals surface area contributed by atoms with E-state index in [0.717, 1.165) is 0 Å². The highest BCUT2D eigenvalue weighted by Crippen LogP contribution is 2.27. The number of para-hydroxylation sites is 1. The molecule has 8 heteroatoms. The topological polar surface area (TPSA) is 89.0 Å². The summed E-state index contributed by atoms with van der Waals surface area (Å²) in [5.74, 6) is -0.0753. The zero-order chi connectivity index (χ0) is 18.9. The summed E-state index contributed by atoms with van der Waals surface area (Å²) in [6.07, 6.45) is 1.45. The number of ether oxygens (including phenoxy) is 2. The second-order valence-electron chi connectivity index (χ2n) is 5.13. The molecule has 0 bridgehead atoms. The van der Waals surface area contributed by atoms with E-state index in [2.05, 4.69) is 15.8 Å². The van der Waals surface area contributed by atoms with E-state index in [-0.39, 0.29) is 12.5 Å². The van der Waals surface area contributed by atoms with E-state index in [1.165, 1.54) is 20.2 Å². The summed E-state index contributed by atoms with van der Waals surface area (Å²) in [7, 11) is 1.46. The monoisotopic (exact) mass is 375 g/mol. The minimum atomic E-state index is -0.442. The number of carbonyl (C=O) groups excluding carboxylic acids is 2. The van der Waals surface area contributed by atoms with Crippen LogP contribution in [0.25, 0.3) is 0 Å². The Balaban J connectivity index is 1.90. The quantitative estimate of drug-likeness (QED) is 0.336.